The van der Waals surface area contributed by atoms with Crippen LogP contribution in [0, 0.1) is 0 Å². The number of hydrogen-bond donors (Lipinski definition) is 2. The minimum Gasteiger partial charge on any atom is -0.354 e. The summed E-state index contributed by atoms with van der Waals surface area (Å²) in [5.74, 6) is 0.160. The Hall–Kier alpha value is -0.610. The van der Waals surface area contributed by atoms with Crippen LogP contribution in [0.1, 0.15) is 34.1 Å². The Morgan fingerprint density at radius 1 is 1.38 bits per heavy atom. The molecular formula is C12H25N3O. The van der Waals surface area contributed by atoms with E-state index in [0.29, 0.717) is 18.5 Å². The summed E-state index contributed by atoms with van der Waals surface area (Å²) >= 11 is 0. The number of hydrogen-bond acceptors (Lipinski definition) is 3. The Morgan fingerprint density at radius 2 is 1.94 bits per heavy atom. The molecule has 1 amide bonds. The molecule has 2 atom stereocenters. The largest absolute Gasteiger partial charge is 0.354 e. The molecule has 2 unspecified atom stereocenters. The van der Waals surface area contributed by atoms with Gasteiger partial charge in [0.05, 0.1) is 0 Å². The van der Waals surface area contributed by atoms with Gasteiger partial charge in [0, 0.05) is 44.2 Å². The van der Waals surface area contributed by atoms with E-state index in [1.807, 2.05) is 13.8 Å². The molecular weight excluding hydrogens is 202 g/mol. The van der Waals surface area contributed by atoms with Crippen molar-refractivity contribution in [3.8, 4) is 0 Å². The fourth-order valence-electron chi connectivity index (χ4n) is 2.24. The fourth-order valence-corrected chi connectivity index (χ4v) is 2.24. The number of nitrogens with zero attached hydrogens (tertiary/aromatic N) is 1. The van der Waals surface area contributed by atoms with Gasteiger partial charge < -0.3 is 10.6 Å². The van der Waals surface area contributed by atoms with E-state index in [4.69, 9.17) is 0 Å². The second kappa shape index (κ2) is 6.21. The Morgan fingerprint density at radius 3 is 2.44 bits per heavy atom. The van der Waals surface area contributed by atoms with E-state index in [1.165, 1.54) is 0 Å². The highest BCUT2D eigenvalue weighted by Gasteiger charge is 2.24. The molecule has 1 fully saturated rings. The Kier molecular flexibility index (Phi) is 5.22. The lowest BCUT2D eigenvalue weighted by atomic mass is 10.1. The summed E-state index contributed by atoms with van der Waals surface area (Å²) < 4.78 is 0. The predicted octanol–water partition coefficient (Wildman–Crippen LogP) is 0.583. The van der Waals surface area contributed by atoms with Crippen LogP contribution in [0.2, 0.25) is 0 Å². The van der Waals surface area contributed by atoms with E-state index < -0.39 is 0 Å². The van der Waals surface area contributed by atoms with E-state index >= 15 is 0 Å². The highest BCUT2D eigenvalue weighted by molar-refractivity contribution is 5.76. The maximum atomic E-state index is 11.6. The smallest absolute Gasteiger partial charge is 0.221 e. The molecule has 0 aromatic carbocycles. The quantitative estimate of drug-likeness (QED) is 0.738. The van der Waals surface area contributed by atoms with Crippen LogP contribution in [0.15, 0.2) is 0 Å². The maximum Gasteiger partial charge on any atom is 0.221 e. The molecule has 1 rings (SSSR count). The zero-order valence-electron chi connectivity index (χ0n) is 10.9. The molecule has 0 bridgehead atoms. The average Bonchev–Trinajstić information content (AvgIpc) is 2.15. The van der Waals surface area contributed by atoms with E-state index in [2.05, 4.69) is 29.4 Å². The highest BCUT2D eigenvalue weighted by Crippen LogP contribution is 2.09. The minimum absolute atomic E-state index is 0.160. The molecule has 4 heteroatoms. The van der Waals surface area contributed by atoms with Crippen LogP contribution in [0.5, 0.6) is 0 Å². The third-order valence-corrected chi connectivity index (χ3v) is 3.06. The van der Waals surface area contributed by atoms with Gasteiger partial charge in [0.15, 0.2) is 0 Å². The van der Waals surface area contributed by atoms with Gasteiger partial charge in [-0.2, -0.15) is 0 Å². The van der Waals surface area contributed by atoms with Crippen molar-refractivity contribution in [3.63, 3.8) is 0 Å². The van der Waals surface area contributed by atoms with Crippen molar-refractivity contribution in [2.75, 3.05) is 19.6 Å². The third-order valence-electron chi connectivity index (χ3n) is 3.06. The van der Waals surface area contributed by atoms with Gasteiger partial charge in [-0.1, -0.05) is 0 Å². The van der Waals surface area contributed by atoms with Gasteiger partial charge >= 0.3 is 0 Å². The van der Waals surface area contributed by atoms with E-state index in [1.54, 1.807) is 0 Å². The molecule has 4 nitrogen and oxygen atoms in total. The molecule has 1 aliphatic rings. The van der Waals surface area contributed by atoms with Crippen LogP contribution >= 0.6 is 0 Å². The molecule has 94 valence electrons. The first-order valence-corrected chi connectivity index (χ1v) is 6.26. The van der Waals surface area contributed by atoms with Crippen LogP contribution < -0.4 is 10.6 Å². The van der Waals surface area contributed by atoms with Gasteiger partial charge in [0.1, 0.15) is 0 Å². The number of carbonyl (C=O) groups is 1. The Balaban J connectivity index is 2.32. The van der Waals surface area contributed by atoms with E-state index in [9.17, 15) is 4.79 Å². The van der Waals surface area contributed by atoms with Crippen molar-refractivity contribution in [2.45, 2.75) is 52.2 Å². The number of carbonyl (C=O) groups excluding carboxylic acids is 1. The Bertz CT molecular complexity index is 220. The molecule has 0 aromatic rings. The van der Waals surface area contributed by atoms with Crippen molar-refractivity contribution < 1.29 is 4.79 Å². The second-order valence-electron chi connectivity index (χ2n) is 5.07. The summed E-state index contributed by atoms with van der Waals surface area (Å²) in [7, 11) is 0. The number of rotatable bonds is 4. The zero-order chi connectivity index (χ0) is 12.1. The first-order chi connectivity index (χ1) is 7.50. The van der Waals surface area contributed by atoms with Crippen molar-refractivity contribution in [1.82, 2.24) is 15.5 Å². The molecule has 1 heterocycles. The normalized spacial score (nSPS) is 27.1. The van der Waals surface area contributed by atoms with Gasteiger partial charge in [-0.25, -0.2) is 0 Å². The maximum absolute atomic E-state index is 11.6. The van der Waals surface area contributed by atoms with Crippen molar-refractivity contribution in [1.29, 1.82) is 0 Å². The molecule has 16 heavy (non-hydrogen) atoms. The number of nitrogens with one attached hydrogen (secondary N) is 2. The van der Waals surface area contributed by atoms with Gasteiger partial charge in [0.25, 0.3) is 0 Å². The van der Waals surface area contributed by atoms with Crippen molar-refractivity contribution >= 4 is 5.91 Å². The lowest BCUT2D eigenvalue weighted by Gasteiger charge is -2.39. The Labute approximate surface area is 98.8 Å². The summed E-state index contributed by atoms with van der Waals surface area (Å²) in [6.45, 7) is 11.3. The standard InChI is InChI=1S/C12H25N3O/c1-9(2)14-12(16)5-6-15-10(3)7-13-8-11(15)4/h9-11,13H,5-8H2,1-4H3,(H,14,16). The lowest BCUT2D eigenvalue weighted by Crippen LogP contribution is -2.55. The monoisotopic (exact) mass is 227 g/mol. The van der Waals surface area contributed by atoms with E-state index in [-0.39, 0.29) is 11.9 Å². The van der Waals surface area contributed by atoms with Gasteiger partial charge in [-0.05, 0) is 27.7 Å². The topological polar surface area (TPSA) is 44.4 Å². The molecule has 0 spiro atoms. The SMILES string of the molecule is CC(C)NC(=O)CCN1C(C)CNCC1C. The summed E-state index contributed by atoms with van der Waals surface area (Å²) in [4.78, 5) is 14.0. The zero-order valence-corrected chi connectivity index (χ0v) is 10.9. The van der Waals surface area contributed by atoms with Gasteiger partial charge in [-0.3, -0.25) is 9.69 Å². The first-order valence-electron chi connectivity index (χ1n) is 6.26. The second-order valence-corrected chi connectivity index (χ2v) is 5.07. The number of piperazine rings is 1. The van der Waals surface area contributed by atoms with Crippen LogP contribution in [-0.4, -0.2) is 48.6 Å². The fraction of sp³-hybridized carbons (Fsp3) is 0.917. The molecule has 0 aliphatic carbocycles. The minimum atomic E-state index is 0.160. The van der Waals surface area contributed by atoms with Crippen LogP contribution in [0.4, 0.5) is 0 Å². The van der Waals surface area contributed by atoms with E-state index in [0.717, 1.165) is 19.6 Å². The van der Waals surface area contributed by atoms with Crippen LogP contribution in [-0.2, 0) is 4.79 Å². The lowest BCUT2D eigenvalue weighted by molar-refractivity contribution is -0.122. The summed E-state index contributed by atoms with van der Waals surface area (Å²) in [5.41, 5.74) is 0. The average molecular weight is 227 g/mol. The summed E-state index contributed by atoms with van der Waals surface area (Å²) in [5, 5.41) is 6.32. The van der Waals surface area contributed by atoms with Gasteiger partial charge in [0.2, 0.25) is 5.91 Å². The first kappa shape index (κ1) is 13.5. The van der Waals surface area contributed by atoms with Crippen LogP contribution in [0.3, 0.4) is 0 Å². The van der Waals surface area contributed by atoms with Gasteiger partial charge in [-0.15, -0.1) is 0 Å². The summed E-state index contributed by atoms with van der Waals surface area (Å²) in [6.07, 6.45) is 0.604. The predicted molar refractivity (Wildman–Crippen MR) is 66.4 cm³/mol. The van der Waals surface area contributed by atoms with Crippen LogP contribution in [0.25, 0.3) is 0 Å². The molecule has 0 saturated carbocycles. The third kappa shape index (κ3) is 4.10. The highest BCUT2D eigenvalue weighted by atomic mass is 16.1. The number of amides is 1. The molecule has 2 N–H and O–H groups in total. The van der Waals surface area contributed by atoms with Crippen molar-refractivity contribution in [3.05, 3.63) is 0 Å². The molecule has 0 aromatic heterocycles. The molecule has 0 radical (unpaired) electrons. The van der Waals surface area contributed by atoms with Crippen molar-refractivity contribution in [2.24, 2.45) is 0 Å². The molecule has 1 aliphatic heterocycles. The molecule has 1 saturated heterocycles. The summed E-state index contributed by atoms with van der Waals surface area (Å²) in [6, 6.07) is 1.29.